The molecule has 1 fully saturated rings. The summed E-state index contributed by atoms with van der Waals surface area (Å²) < 4.78 is 5.81. The zero-order valence-electron chi connectivity index (χ0n) is 14.9. The Labute approximate surface area is 134 Å². The Bertz CT molecular complexity index is 208. The highest BCUT2D eigenvalue weighted by Gasteiger charge is 2.14. The number of hydrogen-bond donors (Lipinski definition) is 0. The third-order valence-electron chi connectivity index (χ3n) is 5.26. The van der Waals surface area contributed by atoms with Crippen LogP contribution in [-0.2, 0) is 4.74 Å². The summed E-state index contributed by atoms with van der Waals surface area (Å²) in [5.41, 5.74) is 0. The lowest BCUT2D eigenvalue weighted by Gasteiger charge is -2.09. The van der Waals surface area contributed by atoms with Gasteiger partial charge in [0.1, 0.15) is 0 Å². The molecule has 1 aliphatic carbocycles. The van der Waals surface area contributed by atoms with Gasteiger partial charge in [0.15, 0.2) is 0 Å². The first kappa shape index (κ1) is 19.0. The Morgan fingerprint density at radius 1 is 0.857 bits per heavy atom. The van der Waals surface area contributed by atoms with Crippen molar-refractivity contribution in [3.63, 3.8) is 0 Å². The molecule has 1 unspecified atom stereocenters. The summed E-state index contributed by atoms with van der Waals surface area (Å²) in [5, 5.41) is 0. The molecule has 1 atom stereocenters. The van der Waals surface area contributed by atoms with Gasteiger partial charge in [0.2, 0.25) is 0 Å². The Kier molecular flexibility index (Phi) is 12.3. The summed E-state index contributed by atoms with van der Waals surface area (Å²) in [6.45, 7) is 6.73. The molecule has 1 aliphatic rings. The highest BCUT2D eigenvalue weighted by atomic mass is 16.5. The van der Waals surface area contributed by atoms with Gasteiger partial charge in [-0.05, 0) is 31.1 Å². The lowest BCUT2D eigenvalue weighted by atomic mass is 10.00. The fraction of sp³-hybridized carbons (Fsp3) is 1.00. The van der Waals surface area contributed by atoms with Gasteiger partial charge in [0, 0.05) is 13.2 Å². The van der Waals surface area contributed by atoms with E-state index < -0.39 is 0 Å². The Balaban J connectivity index is 1.69. The van der Waals surface area contributed by atoms with E-state index in [-0.39, 0.29) is 0 Å². The second-order valence-corrected chi connectivity index (χ2v) is 7.36. The number of rotatable bonds is 14. The van der Waals surface area contributed by atoms with Crippen molar-refractivity contribution in [2.75, 3.05) is 13.2 Å². The van der Waals surface area contributed by atoms with Crippen LogP contribution in [0.15, 0.2) is 0 Å². The highest BCUT2D eigenvalue weighted by molar-refractivity contribution is 4.66. The average Bonchev–Trinajstić information content (AvgIpc) is 3.01. The summed E-state index contributed by atoms with van der Waals surface area (Å²) in [5.74, 6) is 1.83. The van der Waals surface area contributed by atoms with Gasteiger partial charge in [-0.15, -0.1) is 0 Å². The minimum absolute atomic E-state index is 0.889. The van der Waals surface area contributed by atoms with E-state index in [1.807, 2.05) is 0 Å². The van der Waals surface area contributed by atoms with Crippen molar-refractivity contribution in [3.05, 3.63) is 0 Å². The molecule has 1 rings (SSSR count). The van der Waals surface area contributed by atoms with Crippen LogP contribution in [0, 0.1) is 11.8 Å². The van der Waals surface area contributed by atoms with Gasteiger partial charge in [0.25, 0.3) is 0 Å². The Hall–Kier alpha value is -0.0400. The van der Waals surface area contributed by atoms with Crippen LogP contribution in [0.2, 0.25) is 0 Å². The van der Waals surface area contributed by atoms with E-state index in [0.717, 1.165) is 25.0 Å². The molecule has 0 aliphatic heterocycles. The molecule has 1 heteroatoms. The van der Waals surface area contributed by atoms with Crippen molar-refractivity contribution >= 4 is 0 Å². The van der Waals surface area contributed by atoms with Crippen LogP contribution in [0.3, 0.4) is 0 Å². The van der Waals surface area contributed by atoms with Crippen LogP contribution >= 0.6 is 0 Å². The maximum atomic E-state index is 5.81. The summed E-state index contributed by atoms with van der Waals surface area (Å²) >= 11 is 0. The van der Waals surface area contributed by atoms with Gasteiger partial charge in [0.05, 0.1) is 0 Å². The van der Waals surface area contributed by atoms with Gasteiger partial charge >= 0.3 is 0 Å². The lowest BCUT2D eigenvalue weighted by molar-refractivity contribution is 0.0978. The Morgan fingerprint density at radius 3 is 2.05 bits per heavy atom. The zero-order chi connectivity index (χ0) is 15.2. The lowest BCUT2D eigenvalue weighted by Crippen LogP contribution is -2.06. The van der Waals surface area contributed by atoms with Crippen LogP contribution in [0.1, 0.15) is 104 Å². The van der Waals surface area contributed by atoms with Gasteiger partial charge in [-0.25, -0.2) is 0 Å². The van der Waals surface area contributed by atoms with E-state index in [1.165, 1.54) is 89.9 Å². The molecule has 0 aromatic rings. The fourth-order valence-corrected chi connectivity index (χ4v) is 3.39. The third-order valence-corrected chi connectivity index (χ3v) is 5.26. The molecule has 1 nitrogen and oxygen atoms in total. The molecule has 0 heterocycles. The normalized spacial score (nSPS) is 17.4. The quantitative estimate of drug-likeness (QED) is 0.322. The van der Waals surface area contributed by atoms with Crippen molar-refractivity contribution in [3.8, 4) is 0 Å². The van der Waals surface area contributed by atoms with E-state index in [0.29, 0.717) is 0 Å². The maximum absolute atomic E-state index is 5.81. The van der Waals surface area contributed by atoms with Crippen molar-refractivity contribution in [1.29, 1.82) is 0 Å². The zero-order valence-corrected chi connectivity index (χ0v) is 14.9. The van der Waals surface area contributed by atoms with Crippen molar-refractivity contribution in [2.45, 2.75) is 104 Å². The predicted molar refractivity (Wildman–Crippen MR) is 93.8 cm³/mol. The molecule has 0 saturated heterocycles. The Morgan fingerprint density at radius 2 is 1.43 bits per heavy atom. The van der Waals surface area contributed by atoms with Crippen LogP contribution in [-0.4, -0.2) is 13.2 Å². The first-order valence-electron chi connectivity index (χ1n) is 9.90. The topological polar surface area (TPSA) is 9.23 Å². The first-order chi connectivity index (χ1) is 10.3. The molecule has 0 bridgehead atoms. The monoisotopic (exact) mass is 296 g/mol. The third kappa shape index (κ3) is 11.2. The van der Waals surface area contributed by atoms with Gasteiger partial charge in [-0.3, -0.25) is 0 Å². The molecule has 0 N–H and O–H groups in total. The minimum atomic E-state index is 0.889. The molecular weight excluding hydrogens is 256 g/mol. The number of hydrogen-bond acceptors (Lipinski definition) is 1. The molecule has 0 radical (unpaired) electrons. The molecule has 0 amide bonds. The predicted octanol–water partition coefficient (Wildman–Crippen LogP) is 6.75. The summed E-state index contributed by atoms with van der Waals surface area (Å²) in [4.78, 5) is 0. The van der Waals surface area contributed by atoms with E-state index in [4.69, 9.17) is 4.74 Å². The number of ether oxygens (including phenoxy) is 1. The summed E-state index contributed by atoms with van der Waals surface area (Å²) in [6.07, 6.45) is 19.8. The number of unbranched alkanes of at least 4 members (excludes halogenated alkanes) is 7. The molecule has 1 saturated carbocycles. The van der Waals surface area contributed by atoms with E-state index >= 15 is 0 Å². The van der Waals surface area contributed by atoms with Crippen LogP contribution in [0.25, 0.3) is 0 Å². The molecule has 0 spiro atoms. The standard InChI is InChI=1S/C20H40O/c1-3-19(2)14-10-8-6-4-5-7-9-13-17-21-18-20-15-11-12-16-20/h19-20H,3-18H2,1-2H3. The highest BCUT2D eigenvalue weighted by Crippen LogP contribution is 2.24. The largest absolute Gasteiger partial charge is 0.381 e. The van der Waals surface area contributed by atoms with E-state index in [1.54, 1.807) is 0 Å². The van der Waals surface area contributed by atoms with E-state index in [9.17, 15) is 0 Å². The minimum Gasteiger partial charge on any atom is -0.381 e. The van der Waals surface area contributed by atoms with Crippen molar-refractivity contribution in [1.82, 2.24) is 0 Å². The van der Waals surface area contributed by atoms with Crippen molar-refractivity contribution < 1.29 is 4.74 Å². The first-order valence-corrected chi connectivity index (χ1v) is 9.90. The molecule has 0 aromatic carbocycles. The van der Waals surface area contributed by atoms with Crippen LogP contribution < -0.4 is 0 Å². The second kappa shape index (κ2) is 13.6. The molecule has 126 valence electrons. The van der Waals surface area contributed by atoms with Crippen LogP contribution in [0.5, 0.6) is 0 Å². The van der Waals surface area contributed by atoms with E-state index in [2.05, 4.69) is 13.8 Å². The van der Waals surface area contributed by atoms with Gasteiger partial charge in [-0.1, -0.05) is 84.5 Å². The maximum Gasteiger partial charge on any atom is 0.0494 e. The molecule has 0 aromatic heterocycles. The summed E-state index contributed by atoms with van der Waals surface area (Å²) in [7, 11) is 0. The smallest absolute Gasteiger partial charge is 0.0494 e. The van der Waals surface area contributed by atoms with Crippen LogP contribution in [0.4, 0.5) is 0 Å². The van der Waals surface area contributed by atoms with Crippen molar-refractivity contribution in [2.24, 2.45) is 11.8 Å². The average molecular weight is 297 g/mol. The second-order valence-electron chi connectivity index (χ2n) is 7.36. The van der Waals surface area contributed by atoms with Gasteiger partial charge < -0.3 is 4.74 Å². The molecular formula is C20H40O. The SMILES string of the molecule is CCC(C)CCCCCCCCCCOCC1CCCC1. The molecule has 21 heavy (non-hydrogen) atoms. The fourth-order valence-electron chi connectivity index (χ4n) is 3.39. The van der Waals surface area contributed by atoms with Gasteiger partial charge in [-0.2, -0.15) is 0 Å². The summed E-state index contributed by atoms with van der Waals surface area (Å²) in [6, 6.07) is 0.